The molecule has 160 valence electrons. The van der Waals surface area contributed by atoms with Crippen LogP contribution in [0.15, 0.2) is 54.7 Å². The number of nitrogens with one attached hydrogen (secondary N) is 3. The first kappa shape index (κ1) is 21.8. The summed E-state index contributed by atoms with van der Waals surface area (Å²) >= 11 is 8.10. The predicted octanol–water partition coefficient (Wildman–Crippen LogP) is 4.63. The number of para-hydroxylation sites is 1. The molecule has 3 aromatic rings. The molecule has 0 spiro atoms. The Kier molecular flexibility index (Phi) is 6.57. The van der Waals surface area contributed by atoms with Crippen molar-refractivity contribution >= 4 is 51.5 Å². The molecule has 1 amide bonds. The smallest absolute Gasteiger partial charge is 0.226 e. The summed E-state index contributed by atoms with van der Waals surface area (Å²) < 4.78 is 1.19. The molecule has 31 heavy (non-hydrogen) atoms. The summed E-state index contributed by atoms with van der Waals surface area (Å²) in [7, 11) is 0. The number of thiocarbonyl (C=S) groups is 1. The summed E-state index contributed by atoms with van der Waals surface area (Å²) in [5.41, 5.74) is 5.17. The van der Waals surface area contributed by atoms with E-state index in [0.717, 1.165) is 22.8 Å². The summed E-state index contributed by atoms with van der Waals surface area (Å²) in [6.07, 6.45) is 2.13. The lowest BCUT2D eigenvalue weighted by molar-refractivity contribution is -0.116. The molecular weight excluding hydrogens is 521 g/mol. The highest BCUT2D eigenvalue weighted by molar-refractivity contribution is 14.1. The number of rotatable bonds is 6. The normalized spacial score (nSPS) is 18.2. The van der Waals surface area contributed by atoms with Crippen molar-refractivity contribution in [1.29, 1.82) is 0 Å². The van der Waals surface area contributed by atoms with Crippen LogP contribution in [-0.4, -0.2) is 32.4 Å². The molecule has 1 aliphatic heterocycles. The Balaban J connectivity index is 1.60. The summed E-state index contributed by atoms with van der Waals surface area (Å²) in [6, 6.07) is 15.3. The van der Waals surface area contributed by atoms with Crippen molar-refractivity contribution in [2.45, 2.75) is 32.4 Å². The lowest BCUT2D eigenvalue weighted by atomic mass is 9.96. The number of amides is 1. The number of halogens is 1. The topological polar surface area (TPSA) is 73.0 Å². The van der Waals surface area contributed by atoms with Gasteiger partial charge in [-0.3, -0.25) is 9.78 Å². The standard InChI is InChI=1S/C23H24IN5OS/c1-14-19(20(24)15(2)26-14)22-21(17-10-6-7-12-25-17)28-23(31)29(22)13-11-18(30)27-16-8-4-3-5-9-16/h3-10,12,21-22,26H,11,13H2,1-2H3,(H,27,30)(H,28,31)/t21-,22-/m1/s1. The molecule has 3 heterocycles. The van der Waals surface area contributed by atoms with Crippen LogP contribution < -0.4 is 10.6 Å². The summed E-state index contributed by atoms with van der Waals surface area (Å²) in [5, 5.41) is 7.05. The molecule has 0 aliphatic carbocycles. The van der Waals surface area contributed by atoms with Crippen LogP contribution in [0.25, 0.3) is 0 Å². The Morgan fingerprint density at radius 3 is 2.55 bits per heavy atom. The Hall–Kier alpha value is -2.46. The van der Waals surface area contributed by atoms with Crippen molar-refractivity contribution in [3.63, 3.8) is 0 Å². The van der Waals surface area contributed by atoms with Gasteiger partial charge >= 0.3 is 0 Å². The van der Waals surface area contributed by atoms with Crippen molar-refractivity contribution < 1.29 is 4.79 Å². The third-order valence-corrected chi connectivity index (χ3v) is 7.22. The summed E-state index contributed by atoms with van der Waals surface area (Å²) in [4.78, 5) is 22.7. The first-order chi connectivity index (χ1) is 15.0. The minimum atomic E-state index is -0.0895. The Bertz CT molecular complexity index is 1090. The number of hydrogen-bond donors (Lipinski definition) is 3. The minimum absolute atomic E-state index is 0.0364. The maximum atomic E-state index is 12.6. The van der Waals surface area contributed by atoms with Crippen LogP contribution in [0.5, 0.6) is 0 Å². The number of carbonyl (C=O) groups excluding carboxylic acids is 1. The lowest BCUT2D eigenvalue weighted by Crippen LogP contribution is -2.33. The van der Waals surface area contributed by atoms with Crippen LogP contribution in [0.1, 0.15) is 41.1 Å². The Morgan fingerprint density at radius 2 is 1.90 bits per heavy atom. The van der Waals surface area contributed by atoms with E-state index in [1.807, 2.05) is 48.5 Å². The van der Waals surface area contributed by atoms with Crippen molar-refractivity contribution in [3.8, 4) is 0 Å². The molecule has 1 fully saturated rings. The fourth-order valence-corrected chi connectivity index (χ4v) is 5.24. The molecule has 0 radical (unpaired) electrons. The second-order valence-corrected chi connectivity index (χ2v) is 9.05. The molecule has 1 aliphatic rings. The van der Waals surface area contributed by atoms with Crippen LogP contribution in [0.2, 0.25) is 0 Å². The number of hydrogen-bond acceptors (Lipinski definition) is 3. The third-order valence-electron chi connectivity index (χ3n) is 5.48. The SMILES string of the molecule is Cc1[nH]c(C)c([C@@H]2[C@@H](c3ccccn3)NC(=S)N2CCC(=O)Nc2ccccc2)c1I. The van der Waals surface area contributed by atoms with Gasteiger partial charge in [0.25, 0.3) is 0 Å². The van der Waals surface area contributed by atoms with Crippen molar-refractivity contribution in [2.24, 2.45) is 0 Å². The van der Waals surface area contributed by atoms with E-state index < -0.39 is 0 Å². The predicted molar refractivity (Wildman–Crippen MR) is 135 cm³/mol. The molecule has 4 rings (SSSR count). The number of aryl methyl sites for hydroxylation is 2. The van der Waals surface area contributed by atoms with Gasteiger partial charge in [-0.1, -0.05) is 24.3 Å². The zero-order valence-electron chi connectivity index (χ0n) is 17.4. The van der Waals surface area contributed by atoms with Crippen molar-refractivity contribution in [2.75, 3.05) is 11.9 Å². The first-order valence-electron chi connectivity index (χ1n) is 10.1. The number of aromatic nitrogens is 2. The van der Waals surface area contributed by atoms with E-state index >= 15 is 0 Å². The third kappa shape index (κ3) is 4.59. The quantitative estimate of drug-likeness (QED) is 0.311. The van der Waals surface area contributed by atoms with Gasteiger partial charge in [0, 0.05) is 45.4 Å². The number of benzene rings is 1. The maximum Gasteiger partial charge on any atom is 0.226 e. The summed E-state index contributed by atoms with van der Waals surface area (Å²) in [6.45, 7) is 4.67. The van der Waals surface area contributed by atoms with E-state index in [0.29, 0.717) is 18.1 Å². The second kappa shape index (κ2) is 9.35. The fraction of sp³-hybridized carbons (Fsp3) is 0.261. The molecule has 6 nitrogen and oxygen atoms in total. The summed E-state index contributed by atoms with van der Waals surface area (Å²) in [5.74, 6) is -0.0364. The highest BCUT2D eigenvalue weighted by Gasteiger charge is 2.42. The van der Waals surface area contributed by atoms with Gasteiger partial charge in [0.1, 0.15) is 0 Å². The van der Waals surface area contributed by atoms with Gasteiger partial charge in [-0.05, 0) is 72.9 Å². The highest BCUT2D eigenvalue weighted by atomic mass is 127. The molecule has 3 N–H and O–H groups in total. The van der Waals surface area contributed by atoms with Crippen LogP contribution in [-0.2, 0) is 4.79 Å². The van der Waals surface area contributed by atoms with Gasteiger partial charge in [0.2, 0.25) is 5.91 Å². The molecule has 2 aromatic heterocycles. The van der Waals surface area contributed by atoms with E-state index in [-0.39, 0.29) is 18.0 Å². The van der Waals surface area contributed by atoms with E-state index in [9.17, 15) is 4.79 Å². The number of carbonyl (C=O) groups is 1. The second-order valence-electron chi connectivity index (χ2n) is 7.59. The van der Waals surface area contributed by atoms with Crippen LogP contribution >= 0.6 is 34.8 Å². The molecule has 2 atom stereocenters. The van der Waals surface area contributed by atoms with Gasteiger partial charge in [0.15, 0.2) is 5.11 Å². The average molecular weight is 545 g/mol. The highest BCUT2D eigenvalue weighted by Crippen LogP contribution is 2.42. The number of pyridine rings is 1. The molecule has 0 saturated carbocycles. The van der Waals surface area contributed by atoms with E-state index in [1.54, 1.807) is 6.20 Å². The van der Waals surface area contributed by atoms with Crippen LogP contribution in [0.3, 0.4) is 0 Å². The van der Waals surface area contributed by atoms with E-state index in [2.05, 4.69) is 61.9 Å². The molecular formula is C23H24IN5OS. The Labute approximate surface area is 201 Å². The zero-order valence-corrected chi connectivity index (χ0v) is 20.3. The monoisotopic (exact) mass is 545 g/mol. The van der Waals surface area contributed by atoms with Crippen LogP contribution in [0, 0.1) is 17.4 Å². The first-order valence-corrected chi connectivity index (χ1v) is 11.6. The molecule has 1 saturated heterocycles. The largest absolute Gasteiger partial charge is 0.362 e. The Morgan fingerprint density at radius 1 is 1.16 bits per heavy atom. The van der Waals surface area contributed by atoms with Gasteiger partial charge in [0.05, 0.1) is 17.8 Å². The number of anilines is 1. The number of H-pyrrole nitrogens is 1. The molecule has 0 unspecified atom stereocenters. The lowest BCUT2D eigenvalue weighted by Gasteiger charge is -2.28. The van der Waals surface area contributed by atoms with E-state index in [4.69, 9.17) is 12.2 Å². The van der Waals surface area contributed by atoms with Gasteiger partial charge in [-0.25, -0.2) is 0 Å². The van der Waals surface area contributed by atoms with E-state index in [1.165, 1.54) is 9.13 Å². The fourth-order valence-electron chi connectivity index (χ4n) is 4.05. The number of nitrogens with zero attached hydrogens (tertiary/aromatic N) is 2. The average Bonchev–Trinajstić information content (AvgIpc) is 3.22. The van der Waals surface area contributed by atoms with Crippen molar-refractivity contribution in [3.05, 3.63) is 80.9 Å². The molecule has 0 bridgehead atoms. The van der Waals surface area contributed by atoms with Crippen molar-refractivity contribution in [1.82, 2.24) is 20.2 Å². The molecule has 1 aromatic carbocycles. The zero-order chi connectivity index (χ0) is 22.0. The van der Waals surface area contributed by atoms with Crippen LogP contribution in [0.4, 0.5) is 5.69 Å². The molecule has 8 heteroatoms. The van der Waals surface area contributed by atoms with Gasteiger partial charge in [-0.2, -0.15) is 0 Å². The minimum Gasteiger partial charge on any atom is -0.362 e. The van der Waals surface area contributed by atoms with Gasteiger partial charge < -0.3 is 20.5 Å². The number of aromatic amines is 1. The maximum absolute atomic E-state index is 12.6. The van der Waals surface area contributed by atoms with Gasteiger partial charge in [-0.15, -0.1) is 0 Å².